The van der Waals surface area contributed by atoms with Crippen molar-refractivity contribution in [2.24, 2.45) is 11.8 Å². The fraction of sp³-hybridized carbons (Fsp3) is 0.348. The molecule has 3 N–H and O–H groups in total. The van der Waals surface area contributed by atoms with E-state index in [0.29, 0.717) is 16.9 Å². The first-order chi connectivity index (χ1) is 13.8. The molecule has 2 atom stereocenters. The van der Waals surface area contributed by atoms with Crippen molar-refractivity contribution in [1.29, 1.82) is 0 Å². The van der Waals surface area contributed by atoms with E-state index in [1.807, 2.05) is 33.8 Å². The summed E-state index contributed by atoms with van der Waals surface area (Å²) in [4.78, 5) is 37.3. The van der Waals surface area contributed by atoms with Crippen LogP contribution in [-0.2, 0) is 9.59 Å². The molecule has 0 saturated heterocycles. The number of hydrogen-bond acceptors (Lipinski definition) is 3. The second-order valence-electron chi connectivity index (χ2n) is 7.42. The third kappa shape index (κ3) is 6.45. The van der Waals surface area contributed by atoms with Gasteiger partial charge in [0.15, 0.2) is 0 Å². The second-order valence-corrected chi connectivity index (χ2v) is 7.42. The predicted molar refractivity (Wildman–Crippen MR) is 116 cm³/mol. The normalized spacial score (nSPS) is 12.7. The number of rotatable bonds is 8. The molecule has 0 fully saturated rings. The lowest BCUT2D eigenvalue weighted by molar-refractivity contribution is -0.119. The number of anilines is 2. The molecule has 0 aliphatic rings. The molecule has 0 aromatic heterocycles. The number of carbonyl (C=O) groups excluding carboxylic acids is 3. The Bertz CT molecular complexity index is 849. The van der Waals surface area contributed by atoms with E-state index in [2.05, 4.69) is 16.0 Å². The highest BCUT2D eigenvalue weighted by Crippen LogP contribution is 2.18. The predicted octanol–water partition coefficient (Wildman–Crippen LogP) is 4.06. The van der Waals surface area contributed by atoms with Crippen molar-refractivity contribution < 1.29 is 14.4 Å². The SMILES string of the molecule is CCC(C)C(NC(=O)c1ccccc1)C(=O)Nc1cccc(NC(=O)C(C)C)c1. The highest BCUT2D eigenvalue weighted by Gasteiger charge is 2.26. The molecule has 0 radical (unpaired) electrons. The molecule has 0 bridgehead atoms. The first kappa shape index (κ1) is 22.1. The summed E-state index contributed by atoms with van der Waals surface area (Å²) < 4.78 is 0. The van der Waals surface area contributed by atoms with Crippen LogP contribution in [0.25, 0.3) is 0 Å². The van der Waals surface area contributed by atoms with Crippen LogP contribution in [0.2, 0.25) is 0 Å². The van der Waals surface area contributed by atoms with E-state index in [1.165, 1.54) is 0 Å². The van der Waals surface area contributed by atoms with Crippen LogP contribution in [0.4, 0.5) is 11.4 Å². The largest absolute Gasteiger partial charge is 0.340 e. The van der Waals surface area contributed by atoms with Crippen LogP contribution in [0.15, 0.2) is 54.6 Å². The van der Waals surface area contributed by atoms with Crippen LogP contribution in [0, 0.1) is 11.8 Å². The van der Waals surface area contributed by atoms with Crippen LogP contribution >= 0.6 is 0 Å². The van der Waals surface area contributed by atoms with Gasteiger partial charge in [0.2, 0.25) is 11.8 Å². The van der Waals surface area contributed by atoms with Crippen LogP contribution < -0.4 is 16.0 Å². The highest BCUT2D eigenvalue weighted by atomic mass is 16.2. The molecule has 0 aliphatic heterocycles. The zero-order valence-electron chi connectivity index (χ0n) is 17.4. The Morgan fingerprint density at radius 2 is 1.41 bits per heavy atom. The van der Waals surface area contributed by atoms with Crippen molar-refractivity contribution in [1.82, 2.24) is 5.32 Å². The van der Waals surface area contributed by atoms with Crippen LogP contribution in [-0.4, -0.2) is 23.8 Å². The Morgan fingerprint density at radius 3 is 1.97 bits per heavy atom. The van der Waals surface area contributed by atoms with Gasteiger partial charge >= 0.3 is 0 Å². The molecule has 6 heteroatoms. The quantitative estimate of drug-likeness (QED) is 0.630. The average molecular weight is 396 g/mol. The summed E-state index contributed by atoms with van der Waals surface area (Å²) in [6, 6.07) is 15.1. The van der Waals surface area contributed by atoms with E-state index in [4.69, 9.17) is 0 Å². The van der Waals surface area contributed by atoms with Gasteiger partial charge in [-0.1, -0.05) is 58.4 Å². The van der Waals surface area contributed by atoms with Crippen LogP contribution in [0.1, 0.15) is 44.5 Å². The molecule has 2 rings (SSSR count). The van der Waals surface area contributed by atoms with Gasteiger partial charge in [-0.25, -0.2) is 0 Å². The standard InChI is InChI=1S/C23H29N3O3/c1-5-16(4)20(26-22(28)17-10-7-6-8-11-17)23(29)25-19-13-9-12-18(14-19)24-21(27)15(2)3/h6-16,20H,5H2,1-4H3,(H,24,27)(H,25,29)(H,26,28). The molecule has 0 aliphatic carbocycles. The van der Waals surface area contributed by atoms with Gasteiger partial charge in [0.05, 0.1) is 0 Å². The molecule has 154 valence electrons. The fourth-order valence-electron chi connectivity index (χ4n) is 2.70. The van der Waals surface area contributed by atoms with E-state index >= 15 is 0 Å². The Kier molecular flexibility index (Phi) is 7.95. The monoisotopic (exact) mass is 395 g/mol. The minimum Gasteiger partial charge on any atom is -0.340 e. The van der Waals surface area contributed by atoms with Crippen molar-refractivity contribution in [2.75, 3.05) is 10.6 Å². The maximum absolute atomic E-state index is 12.9. The summed E-state index contributed by atoms with van der Waals surface area (Å²) in [5.74, 6) is -0.872. The number of amides is 3. The van der Waals surface area contributed by atoms with Gasteiger partial charge in [-0.3, -0.25) is 14.4 Å². The second kappa shape index (κ2) is 10.4. The summed E-state index contributed by atoms with van der Waals surface area (Å²) in [5, 5.41) is 8.51. The van der Waals surface area contributed by atoms with E-state index in [9.17, 15) is 14.4 Å². The molecule has 0 heterocycles. The highest BCUT2D eigenvalue weighted by molar-refractivity contribution is 6.01. The summed E-state index contributed by atoms with van der Waals surface area (Å²) in [6.45, 7) is 7.52. The van der Waals surface area contributed by atoms with Gasteiger partial charge in [0.25, 0.3) is 5.91 Å². The molecule has 0 saturated carbocycles. The molecule has 29 heavy (non-hydrogen) atoms. The third-order valence-corrected chi connectivity index (χ3v) is 4.74. The minimum atomic E-state index is -0.679. The Morgan fingerprint density at radius 1 is 0.828 bits per heavy atom. The smallest absolute Gasteiger partial charge is 0.251 e. The molecule has 2 aromatic carbocycles. The number of nitrogens with one attached hydrogen (secondary N) is 3. The first-order valence-corrected chi connectivity index (χ1v) is 9.89. The summed E-state index contributed by atoms with van der Waals surface area (Å²) in [5.41, 5.74) is 1.67. The minimum absolute atomic E-state index is 0.0495. The third-order valence-electron chi connectivity index (χ3n) is 4.74. The topological polar surface area (TPSA) is 87.3 Å². The molecule has 2 aromatic rings. The molecular formula is C23H29N3O3. The molecule has 3 amide bonds. The summed E-state index contributed by atoms with van der Waals surface area (Å²) >= 11 is 0. The average Bonchev–Trinajstić information content (AvgIpc) is 2.72. The lowest BCUT2D eigenvalue weighted by Gasteiger charge is -2.23. The Labute approximate surface area is 172 Å². The Hall–Kier alpha value is -3.15. The van der Waals surface area contributed by atoms with Gasteiger partial charge in [0, 0.05) is 22.9 Å². The van der Waals surface area contributed by atoms with Crippen LogP contribution in [0.5, 0.6) is 0 Å². The lowest BCUT2D eigenvalue weighted by atomic mass is 9.97. The van der Waals surface area contributed by atoms with Crippen molar-refractivity contribution in [3.63, 3.8) is 0 Å². The number of hydrogen-bond donors (Lipinski definition) is 3. The maximum Gasteiger partial charge on any atom is 0.251 e. The van der Waals surface area contributed by atoms with E-state index in [0.717, 1.165) is 6.42 Å². The van der Waals surface area contributed by atoms with Gasteiger partial charge in [-0.05, 0) is 36.2 Å². The van der Waals surface area contributed by atoms with Gasteiger partial charge in [0.1, 0.15) is 6.04 Å². The van der Waals surface area contributed by atoms with Gasteiger partial charge in [-0.15, -0.1) is 0 Å². The van der Waals surface area contributed by atoms with Gasteiger partial charge < -0.3 is 16.0 Å². The van der Waals surface area contributed by atoms with Crippen molar-refractivity contribution in [3.05, 3.63) is 60.2 Å². The number of benzene rings is 2. The molecule has 0 spiro atoms. The fourth-order valence-corrected chi connectivity index (χ4v) is 2.70. The Balaban J connectivity index is 2.12. The summed E-state index contributed by atoms with van der Waals surface area (Å²) in [7, 11) is 0. The first-order valence-electron chi connectivity index (χ1n) is 9.89. The van der Waals surface area contributed by atoms with Crippen molar-refractivity contribution in [2.45, 2.75) is 40.2 Å². The zero-order valence-corrected chi connectivity index (χ0v) is 17.4. The van der Waals surface area contributed by atoms with Crippen molar-refractivity contribution in [3.8, 4) is 0 Å². The molecular weight excluding hydrogens is 366 g/mol. The molecule has 2 unspecified atom stereocenters. The van der Waals surface area contributed by atoms with E-state index < -0.39 is 6.04 Å². The van der Waals surface area contributed by atoms with E-state index in [-0.39, 0.29) is 29.6 Å². The maximum atomic E-state index is 12.9. The lowest BCUT2D eigenvalue weighted by Crippen LogP contribution is -2.47. The zero-order chi connectivity index (χ0) is 21.4. The molecule has 6 nitrogen and oxygen atoms in total. The van der Waals surface area contributed by atoms with Crippen LogP contribution in [0.3, 0.4) is 0 Å². The number of carbonyl (C=O) groups is 3. The van der Waals surface area contributed by atoms with Gasteiger partial charge in [-0.2, -0.15) is 0 Å². The van der Waals surface area contributed by atoms with E-state index in [1.54, 1.807) is 48.5 Å². The van der Waals surface area contributed by atoms with Crippen molar-refractivity contribution >= 4 is 29.1 Å². The summed E-state index contributed by atoms with van der Waals surface area (Å²) in [6.07, 6.45) is 0.734.